The summed E-state index contributed by atoms with van der Waals surface area (Å²) in [6, 6.07) is 6.14. The molecule has 0 saturated heterocycles. The predicted molar refractivity (Wildman–Crippen MR) is 77.6 cm³/mol. The molecular formula is C16H22N2O. The van der Waals surface area contributed by atoms with Crippen LogP contribution in [0.4, 0.5) is 0 Å². The van der Waals surface area contributed by atoms with Gasteiger partial charge in [0.2, 0.25) is 0 Å². The van der Waals surface area contributed by atoms with E-state index in [1.165, 1.54) is 12.8 Å². The Labute approximate surface area is 114 Å². The second-order valence-electron chi connectivity index (χ2n) is 6.26. The van der Waals surface area contributed by atoms with Crippen molar-refractivity contribution in [3.05, 3.63) is 24.0 Å². The predicted octanol–water partition coefficient (Wildman–Crippen LogP) is 4.04. The largest absolute Gasteiger partial charge is 0.493 e. The molecule has 19 heavy (non-hydrogen) atoms. The number of nitrogens with one attached hydrogen (secondary N) is 1. The van der Waals surface area contributed by atoms with E-state index in [2.05, 4.69) is 31.8 Å². The zero-order chi connectivity index (χ0) is 13.5. The first kappa shape index (κ1) is 12.5. The summed E-state index contributed by atoms with van der Waals surface area (Å²) in [5.41, 5.74) is 2.19. The van der Waals surface area contributed by atoms with Crippen LogP contribution in [0.1, 0.15) is 45.9 Å². The maximum atomic E-state index is 5.81. The number of aromatic amines is 1. The van der Waals surface area contributed by atoms with E-state index in [-0.39, 0.29) is 5.41 Å². The monoisotopic (exact) mass is 258 g/mol. The molecule has 1 aliphatic rings. The number of H-pyrrole nitrogens is 1. The summed E-state index contributed by atoms with van der Waals surface area (Å²) in [4.78, 5) is 8.13. The van der Waals surface area contributed by atoms with Crippen LogP contribution in [0.25, 0.3) is 11.0 Å². The van der Waals surface area contributed by atoms with Crippen LogP contribution in [0, 0.1) is 5.92 Å². The van der Waals surface area contributed by atoms with Gasteiger partial charge in [0.1, 0.15) is 11.6 Å². The van der Waals surface area contributed by atoms with Gasteiger partial charge in [-0.05, 0) is 37.3 Å². The molecule has 1 N–H and O–H groups in total. The maximum Gasteiger partial charge on any atom is 0.121 e. The Balaban J connectivity index is 1.85. The van der Waals surface area contributed by atoms with Crippen molar-refractivity contribution in [1.82, 2.24) is 9.97 Å². The summed E-state index contributed by atoms with van der Waals surface area (Å²) in [6.07, 6.45) is 3.71. The zero-order valence-corrected chi connectivity index (χ0v) is 12.0. The van der Waals surface area contributed by atoms with Gasteiger partial charge in [-0.2, -0.15) is 0 Å². The quantitative estimate of drug-likeness (QED) is 0.879. The van der Waals surface area contributed by atoms with Crippen LogP contribution >= 0.6 is 0 Å². The number of aromatic nitrogens is 2. The van der Waals surface area contributed by atoms with Crippen LogP contribution in [0.3, 0.4) is 0 Å². The van der Waals surface area contributed by atoms with E-state index in [1.807, 2.05) is 12.1 Å². The maximum absolute atomic E-state index is 5.81. The molecule has 0 unspecified atom stereocenters. The Morgan fingerprint density at radius 1 is 1.37 bits per heavy atom. The van der Waals surface area contributed by atoms with Gasteiger partial charge in [0.05, 0.1) is 17.6 Å². The van der Waals surface area contributed by atoms with Crippen molar-refractivity contribution in [2.45, 2.75) is 45.4 Å². The van der Waals surface area contributed by atoms with Gasteiger partial charge in [-0.15, -0.1) is 0 Å². The summed E-state index contributed by atoms with van der Waals surface area (Å²) in [6.45, 7) is 7.48. The normalized spacial score (nSPS) is 15.9. The fraction of sp³-hybridized carbons (Fsp3) is 0.562. The smallest absolute Gasteiger partial charge is 0.121 e. The van der Waals surface area contributed by atoms with Crippen molar-refractivity contribution < 1.29 is 4.74 Å². The molecule has 1 saturated carbocycles. The minimum absolute atomic E-state index is 0.0913. The molecule has 3 rings (SSSR count). The molecule has 0 atom stereocenters. The summed E-state index contributed by atoms with van der Waals surface area (Å²) in [5.74, 6) is 2.79. The number of hydrogen-bond donors (Lipinski definition) is 1. The van der Waals surface area contributed by atoms with Crippen molar-refractivity contribution in [3.8, 4) is 5.75 Å². The first-order chi connectivity index (χ1) is 9.08. The SMILES string of the molecule is CCC(C)(C)c1nc2ccc(OCC3CC3)cc2[nH]1. The van der Waals surface area contributed by atoms with Crippen LogP contribution in [0.2, 0.25) is 0 Å². The number of fused-ring (bicyclic) bond motifs is 1. The van der Waals surface area contributed by atoms with Crippen molar-refractivity contribution in [3.63, 3.8) is 0 Å². The van der Waals surface area contributed by atoms with E-state index in [0.717, 1.165) is 41.6 Å². The molecule has 1 aliphatic carbocycles. The van der Waals surface area contributed by atoms with Crippen molar-refractivity contribution in [2.24, 2.45) is 5.92 Å². The minimum atomic E-state index is 0.0913. The van der Waals surface area contributed by atoms with Gasteiger partial charge in [0.15, 0.2) is 0 Å². The average Bonchev–Trinajstić information content (AvgIpc) is 3.13. The van der Waals surface area contributed by atoms with Crippen LogP contribution in [0.5, 0.6) is 5.75 Å². The van der Waals surface area contributed by atoms with Gasteiger partial charge in [-0.25, -0.2) is 4.98 Å². The number of nitrogens with zero attached hydrogens (tertiary/aromatic N) is 1. The van der Waals surface area contributed by atoms with E-state index in [1.54, 1.807) is 0 Å². The fourth-order valence-corrected chi connectivity index (χ4v) is 2.07. The number of benzene rings is 1. The fourth-order valence-electron chi connectivity index (χ4n) is 2.07. The number of hydrogen-bond acceptors (Lipinski definition) is 2. The lowest BCUT2D eigenvalue weighted by atomic mass is 9.90. The molecule has 1 aromatic heterocycles. The van der Waals surface area contributed by atoms with E-state index in [0.29, 0.717) is 0 Å². The second-order valence-corrected chi connectivity index (χ2v) is 6.26. The van der Waals surface area contributed by atoms with Crippen LogP contribution in [0.15, 0.2) is 18.2 Å². The van der Waals surface area contributed by atoms with E-state index in [4.69, 9.17) is 9.72 Å². The summed E-state index contributed by atoms with van der Waals surface area (Å²) in [5, 5.41) is 0. The molecule has 102 valence electrons. The first-order valence-corrected chi connectivity index (χ1v) is 7.21. The van der Waals surface area contributed by atoms with Crippen molar-refractivity contribution in [1.29, 1.82) is 0 Å². The Morgan fingerprint density at radius 2 is 2.16 bits per heavy atom. The number of ether oxygens (including phenoxy) is 1. The lowest BCUT2D eigenvalue weighted by Crippen LogP contribution is -2.17. The number of rotatable bonds is 5. The Bertz CT molecular complexity index is 581. The Morgan fingerprint density at radius 3 is 2.84 bits per heavy atom. The van der Waals surface area contributed by atoms with Crippen LogP contribution < -0.4 is 4.74 Å². The average molecular weight is 258 g/mol. The lowest BCUT2D eigenvalue weighted by molar-refractivity contribution is 0.300. The highest BCUT2D eigenvalue weighted by Gasteiger charge is 2.23. The van der Waals surface area contributed by atoms with Gasteiger partial charge in [0.25, 0.3) is 0 Å². The Kier molecular flexibility index (Phi) is 3.00. The molecule has 0 spiro atoms. The van der Waals surface area contributed by atoms with Gasteiger partial charge >= 0.3 is 0 Å². The summed E-state index contributed by atoms with van der Waals surface area (Å²) in [7, 11) is 0. The standard InChI is InChI=1S/C16H22N2O/c1-4-16(2,3)15-17-13-8-7-12(9-14(13)18-15)19-10-11-5-6-11/h7-9,11H,4-6,10H2,1-3H3,(H,17,18). The lowest BCUT2D eigenvalue weighted by Gasteiger charge is -2.18. The van der Waals surface area contributed by atoms with Crippen LogP contribution in [-0.4, -0.2) is 16.6 Å². The minimum Gasteiger partial charge on any atom is -0.493 e. The molecule has 3 heteroatoms. The third-order valence-corrected chi connectivity index (χ3v) is 4.16. The zero-order valence-electron chi connectivity index (χ0n) is 12.0. The third-order valence-electron chi connectivity index (χ3n) is 4.16. The Hall–Kier alpha value is -1.51. The summed E-state index contributed by atoms with van der Waals surface area (Å²) >= 11 is 0. The first-order valence-electron chi connectivity index (χ1n) is 7.21. The third kappa shape index (κ3) is 2.60. The van der Waals surface area contributed by atoms with Gasteiger partial charge < -0.3 is 9.72 Å². The van der Waals surface area contributed by atoms with Gasteiger partial charge in [-0.3, -0.25) is 0 Å². The van der Waals surface area contributed by atoms with E-state index >= 15 is 0 Å². The second kappa shape index (κ2) is 4.55. The molecule has 3 nitrogen and oxygen atoms in total. The molecule has 0 bridgehead atoms. The molecule has 1 fully saturated rings. The topological polar surface area (TPSA) is 37.9 Å². The van der Waals surface area contributed by atoms with Crippen molar-refractivity contribution >= 4 is 11.0 Å². The summed E-state index contributed by atoms with van der Waals surface area (Å²) < 4.78 is 5.81. The highest BCUT2D eigenvalue weighted by atomic mass is 16.5. The molecular weight excluding hydrogens is 236 g/mol. The van der Waals surface area contributed by atoms with E-state index in [9.17, 15) is 0 Å². The molecule has 0 amide bonds. The highest BCUT2D eigenvalue weighted by molar-refractivity contribution is 5.77. The van der Waals surface area contributed by atoms with Crippen LogP contribution in [-0.2, 0) is 5.41 Å². The van der Waals surface area contributed by atoms with Gasteiger partial charge in [0, 0.05) is 11.5 Å². The molecule has 0 aliphatic heterocycles. The molecule has 1 heterocycles. The van der Waals surface area contributed by atoms with Gasteiger partial charge in [-0.1, -0.05) is 20.8 Å². The van der Waals surface area contributed by atoms with E-state index < -0.39 is 0 Å². The molecule has 1 aromatic carbocycles. The number of imidazole rings is 1. The van der Waals surface area contributed by atoms with Crippen molar-refractivity contribution in [2.75, 3.05) is 6.61 Å². The highest BCUT2D eigenvalue weighted by Crippen LogP contribution is 2.31. The molecule has 0 radical (unpaired) electrons. The molecule has 2 aromatic rings.